The zero-order valence-electron chi connectivity index (χ0n) is 9.77. The van der Waals surface area contributed by atoms with Crippen LogP contribution in [0.4, 0.5) is 0 Å². The Kier molecular flexibility index (Phi) is 2.41. The van der Waals surface area contributed by atoms with E-state index in [2.05, 4.69) is 61.5 Å². The Morgan fingerprint density at radius 3 is 2.53 bits per heavy atom. The molecule has 3 aromatic rings. The van der Waals surface area contributed by atoms with Gasteiger partial charge in [-0.1, -0.05) is 66.2 Å². The molecule has 0 spiro atoms. The molecule has 0 saturated heterocycles. The van der Waals surface area contributed by atoms with Crippen LogP contribution in [0.5, 0.6) is 0 Å². The van der Waals surface area contributed by atoms with Crippen LogP contribution in [0, 0.1) is 13.0 Å². The summed E-state index contributed by atoms with van der Waals surface area (Å²) in [6.07, 6.45) is 0. The average molecular weight is 217 g/mol. The van der Waals surface area contributed by atoms with E-state index in [1.165, 1.54) is 27.5 Å². The van der Waals surface area contributed by atoms with Gasteiger partial charge in [0.1, 0.15) is 0 Å². The molecule has 0 aliphatic carbocycles. The van der Waals surface area contributed by atoms with Crippen molar-refractivity contribution in [2.45, 2.75) is 6.92 Å². The van der Waals surface area contributed by atoms with E-state index in [-0.39, 0.29) is 0 Å². The van der Waals surface area contributed by atoms with Gasteiger partial charge >= 0.3 is 0 Å². The summed E-state index contributed by atoms with van der Waals surface area (Å²) in [7, 11) is 0. The first-order valence-corrected chi connectivity index (χ1v) is 5.80. The second-order valence-corrected chi connectivity index (χ2v) is 4.32. The summed E-state index contributed by atoms with van der Waals surface area (Å²) in [5.74, 6) is 0. The summed E-state index contributed by atoms with van der Waals surface area (Å²) >= 11 is 0. The van der Waals surface area contributed by atoms with Crippen molar-refractivity contribution in [1.29, 1.82) is 0 Å². The molecule has 0 aromatic heterocycles. The Morgan fingerprint density at radius 2 is 1.71 bits per heavy atom. The standard InChI is InChI=1S/C17H13/c1-13-10-11-17-15(12-13)8-5-9-16(17)14-6-3-2-4-7-14/h3-12H,1H3. The normalized spacial score (nSPS) is 10.6. The van der Waals surface area contributed by atoms with Crippen LogP contribution in [0.1, 0.15) is 5.56 Å². The van der Waals surface area contributed by atoms with Crippen LogP contribution >= 0.6 is 0 Å². The fraction of sp³-hybridized carbons (Fsp3) is 0.0588. The van der Waals surface area contributed by atoms with Gasteiger partial charge in [0, 0.05) is 0 Å². The highest BCUT2D eigenvalue weighted by molar-refractivity contribution is 5.96. The third-order valence-electron chi connectivity index (χ3n) is 3.07. The number of benzene rings is 3. The molecule has 0 bridgehead atoms. The molecule has 0 nitrogen and oxygen atoms in total. The summed E-state index contributed by atoms with van der Waals surface area (Å²) in [6, 6.07) is 24.3. The summed E-state index contributed by atoms with van der Waals surface area (Å²) in [6.45, 7) is 2.13. The molecule has 1 radical (unpaired) electrons. The Morgan fingerprint density at radius 1 is 0.882 bits per heavy atom. The van der Waals surface area contributed by atoms with Crippen molar-refractivity contribution in [2.24, 2.45) is 0 Å². The first-order valence-electron chi connectivity index (χ1n) is 5.80. The van der Waals surface area contributed by atoms with Crippen molar-refractivity contribution in [2.75, 3.05) is 0 Å². The number of rotatable bonds is 1. The lowest BCUT2D eigenvalue weighted by Crippen LogP contribution is -1.81. The zero-order valence-corrected chi connectivity index (χ0v) is 9.77. The third-order valence-corrected chi connectivity index (χ3v) is 3.07. The van der Waals surface area contributed by atoms with Crippen LogP contribution < -0.4 is 0 Å². The van der Waals surface area contributed by atoms with Crippen LogP contribution in [0.3, 0.4) is 0 Å². The maximum absolute atomic E-state index is 3.06. The second kappa shape index (κ2) is 4.06. The van der Waals surface area contributed by atoms with Crippen LogP contribution in [0.15, 0.2) is 60.7 Å². The molecule has 0 fully saturated rings. The van der Waals surface area contributed by atoms with Gasteiger partial charge in [-0.2, -0.15) is 0 Å². The van der Waals surface area contributed by atoms with E-state index in [4.69, 9.17) is 0 Å². The summed E-state index contributed by atoms with van der Waals surface area (Å²) in [4.78, 5) is 0. The Labute approximate surface area is 102 Å². The third kappa shape index (κ3) is 1.83. The molecular weight excluding hydrogens is 204 g/mol. The van der Waals surface area contributed by atoms with Crippen molar-refractivity contribution in [3.63, 3.8) is 0 Å². The van der Waals surface area contributed by atoms with Crippen LogP contribution in [0.2, 0.25) is 0 Å². The van der Waals surface area contributed by atoms with E-state index in [0.717, 1.165) is 0 Å². The molecule has 3 aromatic carbocycles. The second-order valence-electron chi connectivity index (χ2n) is 4.32. The Balaban J connectivity index is 2.31. The molecule has 0 atom stereocenters. The number of fused-ring (bicyclic) bond motifs is 1. The largest absolute Gasteiger partial charge is 0.0610 e. The average Bonchev–Trinajstić information content (AvgIpc) is 2.39. The van der Waals surface area contributed by atoms with Gasteiger partial charge in [-0.3, -0.25) is 0 Å². The zero-order chi connectivity index (χ0) is 11.7. The highest BCUT2D eigenvalue weighted by Crippen LogP contribution is 2.28. The Bertz CT molecular complexity index is 651. The van der Waals surface area contributed by atoms with Crippen molar-refractivity contribution in [3.8, 4) is 11.1 Å². The Hall–Kier alpha value is -2.08. The van der Waals surface area contributed by atoms with Gasteiger partial charge < -0.3 is 0 Å². The fourth-order valence-electron chi connectivity index (χ4n) is 2.22. The quantitative estimate of drug-likeness (QED) is 0.558. The van der Waals surface area contributed by atoms with Crippen molar-refractivity contribution in [3.05, 3.63) is 72.3 Å². The van der Waals surface area contributed by atoms with E-state index in [0.29, 0.717) is 0 Å². The van der Waals surface area contributed by atoms with Gasteiger partial charge in [-0.25, -0.2) is 0 Å². The monoisotopic (exact) mass is 217 g/mol. The molecular formula is C17H13. The molecule has 3 rings (SSSR count). The van der Waals surface area contributed by atoms with E-state index in [9.17, 15) is 0 Å². The molecule has 0 amide bonds. The van der Waals surface area contributed by atoms with E-state index < -0.39 is 0 Å². The van der Waals surface area contributed by atoms with Crippen molar-refractivity contribution in [1.82, 2.24) is 0 Å². The highest BCUT2D eigenvalue weighted by Gasteiger charge is 2.02. The first kappa shape index (κ1) is 10.1. The van der Waals surface area contributed by atoms with Gasteiger partial charge in [-0.05, 0) is 34.9 Å². The molecule has 0 heteroatoms. The van der Waals surface area contributed by atoms with Gasteiger partial charge in [0.25, 0.3) is 0 Å². The molecule has 17 heavy (non-hydrogen) atoms. The minimum atomic E-state index is 1.25. The predicted octanol–water partition coefficient (Wildman–Crippen LogP) is 4.62. The maximum Gasteiger partial charge on any atom is -0.0105 e. The molecule has 0 N–H and O–H groups in total. The van der Waals surface area contributed by atoms with Crippen molar-refractivity contribution >= 4 is 10.8 Å². The van der Waals surface area contributed by atoms with Gasteiger partial charge in [-0.15, -0.1) is 0 Å². The van der Waals surface area contributed by atoms with Crippen LogP contribution in [-0.4, -0.2) is 0 Å². The minimum absolute atomic E-state index is 1.25. The van der Waals surface area contributed by atoms with E-state index >= 15 is 0 Å². The lowest BCUT2D eigenvalue weighted by atomic mass is 9.97. The number of hydrogen-bond donors (Lipinski definition) is 0. The number of aryl methyl sites for hydroxylation is 1. The molecule has 0 aliphatic heterocycles. The van der Waals surface area contributed by atoms with Crippen LogP contribution in [0.25, 0.3) is 21.9 Å². The minimum Gasteiger partial charge on any atom is -0.0610 e. The topological polar surface area (TPSA) is 0 Å². The first-order chi connectivity index (χ1) is 8.34. The number of hydrogen-bond acceptors (Lipinski definition) is 0. The SMILES string of the molecule is Cc1ccc2c(-c3cc[c]cc3)cccc2c1. The van der Waals surface area contributed by atoms with E-state index in [1.54, 1.807) is 0 Å². The lowest BCUT2D eigenvalue weighted by Gasteiger charge is -2.07. The summed E-state index contributed by atoms with van der Waals surface area (Å²) in [5, 5.41) is 2.61. The van der Waals surface area contributed by atoms with Crippen LogP contribution in [-0.2, 0) is 0 Å². The van der Waals surface area contributed by atoms with E-state index in [1.807, 2.05) is 12.1 Å². The molecule has 0 unspecified atom stereocenters. The molecule has 0 saturated carbocycles. The van der Waals surface area contributed by atoms with Gasteiger partial charge in [0.05, 0.1) is 0 Å². The van der Waals surface area contributed by atoms with Gasteiger partial charge in [0.2, 0.25) is 0 Å². The highest BCUT2D eigenvalue weighted by atomic mass is 14.1. The predicted molar refractivity (Wildman–Crippen MR) is 73.0 cm³/mol. The molecule has 81 valence electrons. The molecule has 0 heterocycles. The maximum atomic E-state index is 3.06. The smallest absolute Gasteiger partial charge is 0.0105 e. The summed E-state index contributed by atoms with van der Waals surface area (Å²) in [5.41, 5.74) is 3.84. The van der Waals surface area contributed by atoms with Crippen molar-refractivity contribution < 1.29 is 0 Å². The molecule has 0 aliphatic rings. The summed E-state index contributed by atoms with van der Waals surface area (Å²) < 4.78 is 0. The fourth-order valence-corrected chi connectivity index (χ4v) is 2.22. The van der Waals surface area contributed by atoms with Gasteiger partial charge in [0.15, 0.2) is 0 Å². The lowest BCUT2D eigenvalue weighted by molar-refractivity contribution is 1.50.